The molecule has 3 amide bonds. The third-order valence-electron chi connectivity index (χ3n) is 3.99. The predicted octanol–water partition coefficient (Wildman–Crippen LogP) is -0.188. The number of carbonyl (C=O) groups excluding carboxylic acids is 2. The molecule has 0 saturated carbocycles. The van der Waals surface area contributed by atoms with Crippen LogP contribution in [-0.2, 0) is 4.79 Å². The lowest BCUT2D eigenvalue weighted by molar-refractivity contribution is -0.131. The highest BCUT2D eigenvalue weighted by Crippen LogP contribution is 2.12. The van der Waals surface area contributed by atoms with Crippen molar-refractivity contribution in [3.8, 4) is 0 Å². The zero-order valence-corrected chi connectivity index (χ0v) is 11.9. The predicted molar refractivity (Wildman–Crippen MR) is 72.8 cm³/mol. The number of nitrogens with zero attached hydrogens (tertiary/aromatic N) is 3. The van der Waals surface area contributed by atoms with Crippen LogP contribution < -0.4 is 5.32 Å². The first-order valence-electron chi connectivity index (χ1n) is 7.02. The molecule has 0 aromatic rings. The minimum absolute atomic E-state index is 0.0363. The van der Waals surface area contributed by atoms with Crippen LogP contribution >= 0.6 is 0 Å². The van der Waals surface area contributed by atoms with E-state index in [-0.39, 0.29) is 18.5 Å². The van der Waals surface area contributed by atoms with Gasteiger partial charge in [0.15, 0.2) is 0 Å². The van der Waals surface area contributed by atoms with Crippen molar-refractivity contribution in [2.45, 2.75) is 12.8 Å². The number of likely N-dealkylation sites (N-methyl/N-ethyl adjacent to an activating group) is 2. The van der Waals surface area contributed by atoms with Gasteiger partial charge in [0.25, 0.3) is 0 Å². The molecule has 6 nitrogen and oxygen atoms in total. The molecular weight excluding hydrogens is 244 g/mol. The van der Waals surface area contributed by atoms with Gasteiger partial charge in [0.1, 0.15) is 6.54 Å². The maximum Gasteiger partial charge on any atom is 0.320 e. The first-order valence-corrected chi connectivity index (χ1v) is 7.02. The fourth-order valence-corrected chi connectivity index (χ4v) is 2.70. The third-order valence-corrected chi connectivity index (χ3v) is 3.99. The number of urea groups is 1. The second kappa shape index (κ2) is 6.23. The topological polar surface area (TPSA) is 55.9 Å². The van der Waals surface area contributed by atoms with Gasteiger partial charge in [-0.05, 0) is 31.8 Å². The van der Waals surface area contributed by atoms with Crippen LogP contribution in [0.15, 0.2) is 0 Å². The fourth-order valence-electron chi connectivity index (χ4n) is 2.70. The first-order chi connectivity index (χ1) is 9.08. The van der Waals surface area contributed by atoms with Crippen LogP contribution in [0.2, 0.25) is 0 Å². The summed E-state index contributed by atoms with van der Waals surface area (Å²) in [6, 6.07) is -0.0407. The number of amides is 3. The quantitative estimate of drug-likeness (QED) is 0.769. The molecule has 1 atom stereocenters. The van der Waals surface area contributed by atoms with Gasteiger partial charge >= 0.3 is 6.03 Å². The maximum atomic E-state index is 12.1. The van der Waals surface area contributed by atoms with E-state index in [2.05, 4.69) is 5.32 Å². The average Bonchev–Trinajstić information content (AvgIpc) is 2.72. The smallest absolute Gasteiger partial charge is 0.320 e. The van der Waals surface area contributed by atoms with Crippen molar-refractivity contribution in [3.63, 3.8) is 0 Å². The fraction of sp³-hybridized carbons (Fsp3) is 0.846. The van der Waals surface area contributed by atoms with Crippen LogP contribution in [0.1, 0.15) is 12.8 Å². The number of nitrogens with one attached hydrogen (secondary N) is 1. The van der Waals surface area contributed by atoms with Crippen LogP contribution in [-0.4, -0.2) is 80.0 Å². The Balaban J connectivity index is 1.77. The molecule has 6 heteroatoms. The number of carbonyl (C=O) groups is 2. The van der Waals surface area contributed by atoms with Crippen molar-refractivity contribution in [2.75, 3.05) is 53.4 Å². The van der Waals surface area contributed by atoms with E-state index in [1.165, 1.54) is 12.8 Å². The number of rotatable bonds is 4. The molecule has 108 valence electrons. The Labute approximate surface area is 114 Å². The Hall–Kier alpha value is -1.30. The Bertz CT molecular complexity index is 342. The molecule has 0 aliphatic carbocycles. The van der Waals surface area contributed by atoms with Crippen LogP contribution in [0, 0.1) is 5.92 Å². The second-order valence-corrected chi connectivity index (χ2v) is 5.61. The van der Waals surface area contributed by atoms with Crippen molar-refractivity contribution in [2.24, 2.45) is 5.92 Å². The molecule has 0 spiro atoms. The van der Waals surface area contributed by atoms with Crippen molar-refractivity contribution < 1.29 is 9.59 Å². The molecule has 19 heavy (non-hydrogen) atoms. The first kappa shape index (κ1) is 14.1. The summed E-state index contributed by atoms with van der Waals surface area (Å²) in [7, 11) is 3.60. The van der Waals surface area contributed by atoms with E-state index in [0.29, 0.717) is 19.0 Å². The Morgan fingerprint density at radius 1 is 1.47 bits per heavy atom. The van der Waals surface area contributed by atoms with Gasteiger partial charge in [-0.1, -0.05) is 0 Å². The van der Waals surface area contributed by atoms with Gasteiger partial charge in [-0.3, -0.25) is 4.79 Å². The normalized spacial score (nSPS) is 23.9. The Morgan fingerprint density at radius 2 is 2.26 bits per heavy atom. The zero-order valence-electron chi connectivity index (χ0n) is 11.9. The molecule has 2 fully saturated rings. The largest absolute Gasteiger partial charge is 0.344 e. The van der Waals surface area contributed by atoms with E-state index in [9.17, 15) is 9.59 Å². The molecule has 1 N–H and O–H groups in total. The van der Waals surface area contributed by atoms with Gasteiger partial charge in [0.2, 0.25) is 5.91 Å². The molecule has 2 saturated heterocycles. The maximum absolute atomic E-state index is 12.1. The molecule has 2 rings (SSSR count). The summed E-state index contributed by atoms with van der Waals surface area (Å²) >= 11 is 0. The summed E-state index contributed by atoms with van der Waals surface area (Å²) in [6.45, 7) is 4.43. The van der Waals surface area contributed by atoms with E-state index in [1.54, 1.807) is 21.7 Å². The van der Waals surface area contributed by atoms with Gasteiger partial charge in [0, 0.05) is 33.7 Å². The van der Waals surface area contributed by atoms with Crippen LogP contribution in [0.25, 0.3) is 0 Å². The molecule has 2 heterocycles. The highest BCUT2D eigenvalue weighted by molar-refractivity contribution is 5.84. The number of hydrogen-bond acceptors (Lipinski definition) is 3. The highest BCUT2D eigenvalue weighted by Gasteiger charge is 2.28. The van der Waals surface area contributed by atoms with Gasteiger partial charge in [-0.2, -0.15) is 0 Å². The van der Waals surface area contributed by atoms with Gasteiger partial charge in [-0.25, -0.2) is 4.79 Å². The Kier molecular flexibility index (Phi) is 4.63. The van der Waals surface area contributed by atoms with Crippen molar-refractivity contribution in [1.29, 1.82) is 0 Å². The SMILES string of the molecule is CN(C[C@H]1CCCNC1)C(=O)CN1CCN(C)C1=O. The molecule has 0 radical (unpaired) electrons. The zero-order chi connectivity index (χ0) is 13.8. The minimum Gasteiger partial charge on any atom is -0.344 e. The van der Waals surface area contributed by atoms with Crippen LogP contribution in [0.5, 0.6) is 0 Å². The summed E-state index contributed by atoms with van der Waals surface area (Å²) in [5.41, 5.74) is 0. The summed E-state index contributed by atoms with van der Waals surface area (Å²) in [5, 5.41) is 3.36. The molecule has 0 unspecified atom stereocenters. The molecule has 0 aromatic heterocycles. The van der Waals surface area contributed by atoms with Crippen LogP contribution in [0.3, 0.4) is 0 Å². The lowest BCUT2D eigenvalue weighted by Gasteiger charge is -2.28. The summed E-state index contributed by atoms with van der Waals surface area (Å²) in [4.78, 5) is 28.9. The van der Waals surface area contributed by atoms with Gasteiger partial charge in [0.05, 0.1) is 0 Å². The second-order valence-electron chi connectivity index (χ2n) is 5.61. The molecule has 2 aliphatic heterocycles. The molecular formula is C13H24N4O2. The molecule has 2 aliphatic rings. The van der Waals surface area contributed by atoms with E-state index < -0.39 is 0 Å². The average molecular weight is 268 g/mol. The lowest BCUT2D eigenvalue weighted by Crippen LogP contribution is -2.44. The Morgan fingerprint density at radius 3 is 2.84 bits per heavy atom. The van der Waals surface area contributed by atoms with Crippen molar-refractivity contribution >= 4 is 11.9 Å². The van der Waals surface area contributed by atoms with Crippen molar-refractivity contribution in [1.82, 2.24) is 20.0 Å². The van der Waals surface area contributed by atoms with Gasteiger partial charge < -0.3 is 20.0 Å². The summed E-state index contributed by atoms with van der Waals surface area (Å²) in [6.07, 6.45) is 2.36. The number of hydrogen-bond donors (Lipinski definition) is 1. The third kappa shape index (κ3) is 3.59. The van der Waals surface area contributed by atoms with E-state index in [4.69, 9.17) is 0 Å². The van der Waals surface area contributed by atoms with Crippen molar-refractivity contribution in [3.05, 3.63) is 0 Å². The monoisotopic (exact) mass is 268 g/mol. The van der Waals surface area contributed by atoms with Crippen LogP contribution in [0.4, 0.5) is 4.79 Å². The minimum atomic E-state index is -0.0407. The standard InChI is InChI=1S/C13H24N4O2/c1-15-6-7-17(13(15)19)10-12(18)16(2)9-11-4-3-5-14-8-11/h11,14H,3-10H2,1-2H3/t11-/m0/s1. The van der Waals surface area contributed by atoms with Gasteiger partial charge in [-0.15, -0.1) is 0 Å². The summed E-state index contributed by atoms with van der Waals surface area (Å²) < 4.78 is 0. The molecule has 0 aromatic carbocycles. The molecule has 0 bridgehead atoms. The summed E-state index contributed by atoms with van der Waals surface area (Å²) in [5.74, 6) is 0.578. The highest BCUT2D eigenvalue weighted by atomic mass is 16.2. The van der Waals surface area contributed by atoms with E-state index in [1.807, 2.05) is 7.05 Å². The lowest BCUT2D eigenvalue weighted by atomic mass is 9.99. The number of piperidine rings is 1. The van der Waals surface area contributed by atoms with E-state index in [0.717, 1.165) is 19.6 Å². The van der Waals surface area contributed by atoms with E-state index >= 15 is 0 Å².